The van der Waals surface area contributed by atoms with E-state index in [2.05, 4.69) is 50.2 Å². The standard InChI is InChI=1S/C23H29N5O2S/c1-23(2)16-27(12-13-31(23,29)30)22(24-3)25-14-18-8-10-19(11-9-18)15-28-17-26-20-6-4-5-7-21(20)28/h4-11,17H,12-16H2,1-3H3,(H,24,25). The Hall–Kier alpha value is -2.87. The number of sulfone groups is 1. The number of hydrogen-bond acceptors (Lipinski definition) is 4. The molecular formula is C23H29N5O2S. The topological polar surface area (TPSA) is 79.6 Å². The van der Waals surface area contributed by atoms with Gasteiger partial charge < -0.3 is 14.8 Å². The maximum Gasteiger partial charge on any atom is 0.193 e. The lowest BCUT2D eigenvalue weighted by Crippen LogP contribution is -2.57. The van der Waals surface area contributed by atoms with Crippen molar-refractivity contribution >= 4 is 26.8 Å². The number of aromatic nitrogens is 2. The quantitative estimate of drug-likeness (QED) is 0.499. The van der Waals surface area contributed by atoms with Crippen molar-refractivity contribution in [3.8, 4) is 0 Å². The third kappa shape index (κ3) is 4.44. The second-order valence-electron chi connectivity index (χ2n) is 8.58. The van der Waals surface area contributed by atoms with Crippen LogP contribution in [0.5, 0.6) is 0 Å². The van der Waals surface area contributed by atoms with E-state index < -0.39 is 14.6 Å². The molecule has 1 fully saturated rings. The van der Waals surface area contributed by atoms with Gasteiger partial charge in [0.15, 0.2) is 15.8 Å². The lowest BCUT2D eigenvalue weighted by molar-refractivity contribution is 0.353. The summed E-state index contributed by atoms with van der Waals surface area (Å²) in [5, 5.41) is 3.38. The van der Waals surface area contributed by atoms with Crippen LogP contribution in [0.2, 0.25) is 0 Å². The van der Waals surface area contributed by atoms with Gasteiger partial charge in [-0.1, -0.05) is 36.4 Å². The first-order valence-corrected chi connectivity index (χ1v) is 12.1. The maximum absolute atomic E-state index is 12.3. The van der Waals surface area contributed by atoms with Crippen LogP contribution in [0.4, 0.5) is 0 Å². The normalized spacial score (nSPS) is 18.3. The third-order valence-corrected chi connectivity index (χ3v) is 8.44. The number of guanidine groups is 1. The summed E-state index contributed by atoms with van der Waals surface area (Å²) in [6, 6.07) is 16.6. The molecule has 0 unspecified atom stereocenters. The second-order valence-corrected chi connectivity index (χ2v) is 11.3. The van der Waals surface area contributed by atoms with Crippen molar-refractivity contribution in [3.05, 3.63) is 66.0 Å². The minimum atomic E-state index is -3.07. The number of rotatable bonds is 4. The molecule has 3 aromatic rings. The van der Waals surface area contributed by atoms with Gasteiger partial charge in [0.05, 0.1) is 27.9 Å². The zero-order valence-corrected chi connectivity index (χ0v) is 19.1. The molecule has 0 radical (unpaired) electrons. The van der Waals surface area contributed by atoms with E-state index in [4.69, 9.17) is 0 Å². The summed E-state index contributed by atoms with van der Waals surface area (Å²) in [6.07, 6.45) is 1.88. The molecule has 2 aromatic carbocycles. The fourth-order valence-electron chi connectivity index (χ4n) is 3.93. The van der Waals surface area contributed by atoms with Crippen molar-refractivity contribution in [1.29, 1.82) is 0 Å². The van der Waals surface area contributed by atoms with Crippen LogP contribution in [0, 0.1) is 0 Å². The van der Waals surface area contributed by atoms with E-state index in [1.165, 1.54) is 5.56 Å². The van der Waals surface area contributed by atoms with Gasteiger partial charge in [-0.05, 0) is 37.1 Å². The molecular weight excluding hydrogens is 410 g/mol. The molecule has 2 heterocycles. The summed E-state index contributed by atoms with van der Waals surface area (Å²) in [6.45, 7) is 5.86. The Morgan fingerprint density at radius 3 is 2.55 bits per heavy atom. The molecule has 1 saturated heterocycles. The Morgan fingerprint density at radius 1 is 1.13 bits per heavy atom. The van der Waals surface area contributed by atoms with Gasteiger partial charge in [-0.25, -0.2) is 13.4 Å². The molecule has 1 aliphatic heterocycles. The zero-order valence-electron chi connectivity index (χ0n) is 18.2. The fraction of sp³-hybridized carbons (Fsp3) is 0.391. The van der Waals surface area contributed by atoms with Crippen molar-refractivity contribution in [2.45, 2.75) is 31.7 Å². The van der Waals surface area contributed by atoms with E-state index in [1.807, 2.05) is 29.4 Å². The summed E-state index contributed by atoms with van der Waals surface area (Å²) in [4.78, 5) is 10.8. The van der Waals surface area contributed by atoms with Gasteiger partial charge in [0.2, 0.25) is 0 Å². The van der Waals surface area contributed by atoms with Crippen LogP contribution in [0.25, 0.3) is 11.0 Å². The number of imidazole rings is 1. The molecule has 4 rings (SSSR count). The lowest BCUT2D eigenvalue weighted by atomic mass is 10.1. The van der Waals surface area contributed by atoms with Gasteiger partial charge in [-0.2, -0.15) is 0 Å². The first kappa shape index (κ1) is 21.4. The number of nitrogens with one attached hydrogen (secondary N) is 1. The van der Waals surface area contributed by atoms with E-state index in [0.29, 0.717) is 19.6 Å². The lowest BCUT2D eigenvalue weighted by Gasteiger charge is -2.39. The molecule has 0 spiro atoms. The van der Waals surface area contributed by atoms with E-state index in [-0.39, 0.29) is 5.75 Å². The highest BCUT2D eigenvalue weighted by Gasteiger charge is 2.40. The first-order chi connectivity index (χ1) is 14.8. The highest BCUT2D eigenvalue weighted by Crippen LogP contribution is 2.23. The van der Waals surface area contributed by atoms with E-state index >= 15 is 0 Å². The van der Waals surface area contributed by atoms with E-state index in [9.17, 15) is 8.42 Å². The van der Waals surface area contributed by atoms with Crippen LogP contribution in [0.3, 0.4) is 0 Å². The zero-order chi connectivity index (χ0) is 22.1. The maximum atomic E-state index is 12.3. The van der Waals surface area contributed by atoms with Crippen molar-refractivity contribution in [3.63, 3.8) is 0 Å². The molecule has 31 heavy (non-hydrogen) atoms. The van der Waals surface area contributed by atoms with Gasteiger partial charge in [-0.3, -0.25) is 4.99 Å². The molecule has 1 aromatic heterocycles. The van der Waals surface area contributed by atoms with Gasteiger partial charge in [0.25, 0.3) is 0 Å². The predicted octanol–water partition coefficient (Wildman–Crippen LogP) is 2.67. The monoisotopic (exact) mass is 439 g/mol. The summed E-state index contributed by atoms with van der Waals surface area (Å²) < 4.78 is 25.9. The van der Waals surface area contributed by atoms with Gasteiger partial charge in [0.1, 0.15) is 0 Å². The van der Waals surface area contributed by atoms with E-state index in [1.54, 1.807) is 20.9 Å². The molecule has 8 heteroatoms. The SMILES string of the molecule is CN=C(NCc1ccc(Cn2cnc3ccccc32)cc1)N1CCS(=O)(=O)C(C)(C)C1. The smallest absolute Gasteiger partial charge is 0.193 e. The average Bonchev–Trinajstić information content (AvgIpc) is 3.15. The summed E-state index contributed by atoms with van der Waals surface area (Å²) in [5.41, 5.74) is 4.48. The number of hydrogen-bond donors (Lipinski definition) is 1. The Bertz CT molecular complexity index is 1200. The van der Waals surface area contributed by atoms with Crippen molar-refractivity contribution in [2.24, 2.45) is 4.99 Å². The largest absolute Gasteiger partial charge is 0.352 e. The van der Waals surface area contributed by atoms with Crippen LogP contribution in [-0.4, -0.2) is 59.5 Å². The summed E-state index contributed by atoms with van der Waals surface area (Å²) in [7, 11) is -1.34. The molecule has 7 nitrogen and oxygen atoms in total. The molecule has 0 bridgehead atoms. The number of nitrogens with zero attached hydrogens (tertiary/aromatic N) is 4. The molecule has 1 aliphatic rings. The number of para-hydroxylation sites is 2. The summed E-state index contributed by atoms with van der Waals surface area (Å²) in [5.74, 6) is 0.884. The van der Waals surface area contributed by atoms with Gasteiger partial charge in [-0.15, -0.1) is 0 Å². The van der Waals surface area contributed by atoms with Gasteiger partial charge >= 0.3 is 0 Å². The highest BCUT2D eigenvalue weighted by molar-refractivity contribution is 7.92. The molecule has 1 N–H and O–H groups in total. The minimum Gasteiger partial charge on any atom is -0.352 e. The Labute approximate surface area is 183 Å². The second kappa shape index (κ2) is 8.34. The van der Waals surface area contributed by atoms with Crippen LogP contribution < -0.4 is 5.32 Å². The van der Waals surface area contributed by atoms with Crippen LogP contribution in [0.15, 0.2) is 59.9 Å². The van der Waals surface area contributed by atoms with E-state index in [0.717, 1.165) is 29.1 Å². The number of aliphatic imine (C=N–C) groups is 1. The number of fused-ring (bicyclic) bond motifs is 1. The molecule has 0 saturated carbocycles. The molecule has 0 amide bonds. The van der Waals surface area contributed by atoms with Crippen LogP contribution >= 0.6 is 0 Å². The highest BCUT2D eigenvalue weighted by atomic mass is 32.2. The van der Waals surface area contributed by atoms with Crippen molar-refractivity contribution in [2.75, 3.05) is 25.9 Å². The Morgan fingerprint density at radius 2 is 1.84 bits per heavy atom. The number of benzene rings is 2. The average molecular weight is 440 g/mol. The van der Waals surface area contributed by atoms with Crippen molar-refractivity contribution < 1.29 is 8.42 Å². The van der Waals surface area contributed by atoms with Crippen LogP contribution in [-0.2, 0) is 22.9 Å². The minimum absolute atomic E-state index is 0.151. The fourth-order valence-corrected chi connectivity index (χ4v) is 5.30. The predicted molar refractivity (Wildman–Crippen MR) is 125 cm³/mol. The first-order valence-electron chi connectivity index (χ1n) is 10.4. The summed E-state index contributed by atoms with van der Waals surface area (Å²) >= 11 is 0. The Kier molecular flexibility index (Phi) is 5.75. The molecule has 0 atom stereocenters. The van der Waals surface area contributed by atoms with Gasteiger partial charge in [0, 0.05) is 33.2 Å². The third-order valence-electron chi connectivity index (χ3n) is 5.91. The Balaban J connectivity index is 1.38. The molecule has 164 valence electrons. The van der Waals surface area contributed by atoms with Crippen molar-refractivity contribution in [1.82, 2.24) is 19.8 Å². The molecule has 0 aliphatic carbocycles. The van der Waals surface area contributed by atoms with Crippen LogP contribution in [0.1, 0.15) is 25.0 Å².